The summed E-state index contributed by atoms with van der Waals surface area (Å²) in [6, 6.07) is 9.56. The molecule has 0 radical (unpaired) electrons. The first-order valence-electron chi connectivity index (χ1n) is 5.71. The van der Waals surface area contributed by atoms with Gasteiger partial charge in [-0.05, 0) is 17.7 Å². The SMILES string of the molecule is O=C(O)[C@H](NS(=O)(=O)c1cccnc1)c1ccccc1. The van der Waals surface area contributed by atoms with Gasteiger partial charge in [-0.1, -0.05) is 30.3 Å². The highest BCUT2D eigenvalue weighted by Gasteiger charge is 2.26. The Morgan fingerprint density at radius 3 is 2.40 bits per heavy atom. The molecule has 6 nitrogen and oxygen atoms in total. The van der Waals surface area contributed by atoms with Crippen LogP contribution in [-0.4, -0.2) is 24.5 Å². The van der Waals surface area contributed by atoms with Gasteiger partial charge in [-0.25, -0.2) is 8.42 Å². The summed E-state index contributed by atoms with van der Waals surface area (Å²) >= 11 is 0. The van der Waals surface area contributed by atoms with Crippen LogP contribution in [0.1, 0.15) is 11.6 Å². The zero-order valence-corrected chi connectivity index (χ0v) is 11.1. The standard InChI is InChI=1S/C13H12N2O4S/c16-13(17)12(10-5-2-1-3-6-10)15-20(18,19)11-7-4-8-14-9-11/h1-9,12,15H,(H,16,17)/t12-/m1/s1. The molecule has 0 fully saturated rings. The van der Waals surface area contributed by atoms with Crippen LogP contribution < -0.4 is 4.72 Å². The van der Waals surface area contributed by atoms with E-state index >= 15 is 0 Å². The fourth-order valence-corrected chi connectivity index (χ4v) is 2.78. The fourth-order valence-electron chi connectivity index (χ4n) is 1.64. The quantitative estimate of drug-likeness (QED) is 0.862. The summed E-state index contributed by atoms with van der Waals surface area (Å²) in [6.45, 7) is 0. The van der Waals surface area contributed by atoms with Gasteiger partial charge in [-0.3, -0.25) is 9.78 Å². The Morgan fingerprint density at radius 2 is 1.85 bits per heavy atom. The summed E-state index contributed by atoms with van der Waals surface area (Å²) in [5.41, 5.74) is 0.354. The van der Waals surface area contributed by atoms with Gasteiger partial charge in [0.05, 0.1) is 0 Å². The van der Waals surface area contributed by atoms with E-state index in [1.807, 2.05) is 0 Å². The van der Waals surface area contributed by atoms with Crippen molar-refractivity contribution in [2.75, 3.05) is 0 Å². The molecule has 0 spiro atoms. The van der Waals surface area contributed by atoms with E-state index in [1.165, 1.54) is 18.3 Å². The number of carboxylic acid groups (broad SMARTS) is 1. The maximum atomic E-state index is 12.1. The van der Waals surface area contributed by atoms with Crippen LogP contribution in [0.4, 0.5) is 0 Å². The minimum Gasteiger partial charge on any atom is -0.480 e. The van der Waals surface area contributed by atoms with Crippen LogP contribution in [0.25, 0.3) is 0 Å². The van der Waals surface area contributed by atoms with Crippen molar-refractivity contribution in [3.05, 3.63) is 60.4 Å². The predicted octanol–water partition coefficient (Wildman–Crippen LogP) is 1.19. The van der Waals surface area contributed by atoms with Crippen molar-refractivity contribution in [1.29, 1.82) is 0 Å². The number of rotatable bonds is 5. The third-order valence-corrected chi connectivity index (χ3v) is 4.01. The van der Waals surface area contributed by atoms with E-state index in [-0.39, 0.29) is 4.90 Å². The van der Waals surface area contributed by atoms with Gasteiger partial charge in [0.15, 0.2) is 0 Å². The van der Waals surface area contributed by atoms with E-state index < -0.39 is 22.0 Å². The van der Waals surface area contributed by atoms with Crippen LogP contribution in [-0.2, 0) is 14.8 Å². The molecule has 0 saturated carbocycles. The topological polar surface area (TPSA) is 96.4 Å². The minimum atomic E-state index is -3.95. The Bertz CT molecular complexity index is 687. The third kappa shape index (κ3) is 3.19. The largest absolute Gasteiger partial charge is 0.480 e. The molecule has 2 aromatic rings. The number of pyridine rings is 1. The number of carboxylic acids is 1. The zero-order chi connectivity index (χ0) is 14.6. The molecular formula is C13H12N2O4S. The molecule has 0 aliphatic rings. The van der Waals surface area contributed by atoms with Crippen LogP contribution in [0.2, 0.25) is 0 Å². The molecule has 0 saturated heterocycles. The van der Waals surface area contributed by atoms with Gasteiger partial charge in [0.25, 0.3) is 0 Å². The van der Waals surface area contributed by atoms with Crippen molar-refractivity contribution in [1.82, 2.24) is 9.71 Å². The summed E-state index contributed by atoms with van der Waals surface area (Å²) in [6.07, 6.45) is 2.59. The lowest BCUT2D eigenvalue weighted by molar-refractivity contribution is -0.139. The van der Waals surface area contributed by atoms with E-state index in [4.69, 9.17) is 0 Å². The average molecular weight is 292 g/mol. The van der Waals surface area contributed by atoms with Gasteiger partial charge in [0.1, 0.15) is 10.9 Å². The van der Waals surface area contributed by atoms with Crippen LogP contribution in [0.3, 0.4) is 0 Å². The van der Waals surface area contributed by atoms with Crippen LogP contribution in [0.5, 0.6) is 0 Å². The van der Waals surface area contributed by atoms with Crippen molar-refractivity contribution < 1.29 is 18.3 Å². The Labute approximate surface area is 116 Å². The first-order chi connectivity index (χ1) is 9.50. The Morgan fingerprint density at radius 1 is 1.15 bits per heavy atom. The highest BCUT2D eigenvalue weighted by molar-refractivity contribution is 7.89. The number of nitrogens with zero attached hydrogens (tertiary/aromatic N) is 1. The maximum absolute atomic E-state index is 12.1. The molecule has 0 aliphatic carbocycles. The Hall–Kier alpha value is -2.25. The molecule has 0 unspecified atom stereocenters. The van der Waals surface area contributed by atoms with Crippen molar-refractivity contribution in [2.45, 2.75) is 10.9 Å². The molecular weight excluding hydrogens is 280 g/mol. The van der Waals surface area contributed by atoms with E-state index in [0.29, 0.717) is 5.56 Å². The van der Waals surface area contributed by atoms with Gasteiger partial charge in [-0.15, -0.1) is 0 Å². The molecule has 2 N–H and O–H groups in total. The number of sulfonamides is 1. The number of carbonyl (C=O) groups is 1. The van der Waals surface area contributed by atoms with E-state index in [0.717, 1.165) is 6.20 Å². The predicted molar refractivity (Wildman–Crippen MR) is 71.4 cm³/mol. The molecule has 7 heteroatoms. The molecule has 2 rings (SSSR count). The van der Waals surface area contributed by atoms with Crippen molar-refractivity contribution in [3.63, 3.8) is 0 Å². The van der Waals surface area contributed by atoms with Crippen LogP contribution in [0.15, 0.2) is 59.8 Å². The second-order valence-electron chi connectivity index (χ2n) is 3.99. The number of aromatic nitrogens is 1. The second-order valence-corrected chi connectivity index (χ2v) is 5.71. The molecule has 1 aromatic carbocycles. The zero-order valence-electron chi connectivity index (χ0n) is 10.3. The minimum absolute atomic E-state index is 0.0813. The van der Waals surface area contributed by atoms with Gasteiger partial charge >= 0.3 is 5.97 Å². The van der Waals surface area contributed by atoms with Gasteiger partial charge in [-0.2, -0.15) is 4.72 Å². The average Bonchev–Trinajstić information content (AvgIpc) is 2.46. The number of nitrogens with one attached hydrogen (secondary N) is 1. The van der Waals surface area contributed by atoms with Crippen molar-refractivity contribution in [2.24, 2.45) is 0 Å². The van der Waals surface area contributed by atoms with Crippen molar-refractivity contribution in [3.8, 4) is 0 Å². The smallest absolute Gasteiger partial charge is 0.326 e. The molecule has 0 amide bonds. The Kier molecular flexibility index (Phi) is 4.11. The second kappa shape index (κ2) is 5.81. The van der Waals surface area contributed by atoms with Crippen LogP contribution in [0, 0.1) is 0 Å². The van der Waals surface area contributed by atoms with E-state index in [9.17, 15) is 18.3 Å². The van der Waals surface area contributed by atoms with Crippen LogP contribution >= 0.6 is 0 Å². The number of hydrogen-bond acceptors (Lipinski definition) is 4. The summed E-state index contributed by atoms with van der Waals surface area (Å²) < 4.78 is 26.4. The van der Waals surface area contributed by atoms with E-state index in [1.54, 1.807) is 30.3 Å². The Balaban J connectivity index is 2.33. The summed E-state index contributed by atoms with van der Waals surface area (Å²) in [7, 11) is -3.95. The molecule has 20 heavy (non-hydrogen) atoms. The van der Waals surface area contributed by atoms with Crippen molar-refractivity contribution >= 4 is 16.0 Å². The lowest BCUT2D eigenvalue weighted by Gasteiger charge is -2.14. The highest BCUT2D eigenvalue weighted by atomic mass is 32.2. The highest BCUT2D eigenvalue weighted by Crippen LogP contribution is 2.16. The molecule has 1 heterocycles. The number of benzene rings is 1. The summed E-state index contributed by atoms with van der Waals surface area (Å²) in [5.74, 6) is -1.27. The summed E-state index contributed by atoms with van der Waals surface area (Å²) in [5, 5.41) is 9.19. The fraction of sp³-hybridized carbons (Fsp3) is 0.0769. The molecule has 0 bridgehead atoms. The lowest BCUT2D eigenvalue weighted by Crippen LogP contribution is -2.33. The summed E-state index contributed by atoms with van der Waals surface area (Å²) in [4.78, 5) is 14.9. The van der Waals surface area contributed by atoms with Gasteiger partial charge in [0, 0.05) is 12.4 Å². The lowest BCUT2D eigenvalue weighted by atomic mass is 10.1. The van der Waals surface area contributed by atoms with E-state index in [2.05, 4.69) is 9.71 Å². The van der Waals surface area contributed by atoms with Gasteiger partial charge < -0.3 is 5.11 Å². The first kappa shape index (κ1) is 14.2. The first-order valence-corrected chi connectivity index (χ1v) is 7.19. The molecule has 0 aliphatic heterocycles. The number of hydrogen-bond donors (Lipinski definition) is 2. The molecule has 104 valence electrons. The molecule has 1 atom stereocenters. The van der Waals surface area contributed by atoms with Gasteiger partial charge in [0.2, 0.25) is 10.0 Å². The third-order valence-electron chi connectivity index (χ3n) is 2.60. The number of aliphatic carboxylic acids is 1. The normalized spacial score (nSPS) is 12.8. The maximum Gasteiger partial charge on any atom is 0.326 e. The monoisotopic (exact) mass is 292 g/mol. The molecule has 1 aromatic heterocycles.